The Hall–Kier alpha value is -2.60. The predicted molar refractivity (Wildman–Crippen MR) is 134 cm³/mol. The minimum Gasteiger partial charge on any atom is -0.351 e. The van der Waals surface area contributed by atoms with E-state index in [1.54, 1.807) is 11.3 Å². The molecular weight excluding hydrogens is 430 g/mol. The maximum Gasteiger partial charge on any atom is 0.271 e. The van der Waals surface area contributed by atoms with Crippen molar-refractivity contribution in [3.8, 4) is 0 Å². The Morgan fingerprint density at radius 1 is 1.15 bits per heavy atom. The van der Waals surface area contributed by atoms with Crippen molar-refractivity contribution in [2.75, 3.05) is 6.54 Å². The SMILES string of the molecule is C[C@H](CN1C(=O)c2cc3sccc3n2C[C@@]1(C)C(=O)NC1CCCCCC1)c1ccccc1. The van der Waals surface area contributed by atoms with E-state index in [1.807, 2.05) is 36.1 Å². The Kier molecular flexibility index (Phi) is 6.04. The summed E-state index contributed by atoms with van der Waals surface area (Å²) in [5.41, 5.74) is 1.98. The number of carbonyl (C=O) groups is 2. The van der Waals surface area contributed by atoms with E-state index in [-0.39, 0.29) is 23.8 Å². The summed E-state index contributed by atoms with van der Waals surface area (Å²) in [7, 11) is 0. The van der Waals surface area contributed by atoms with E-state index in [2.05, 4.69) is 40.4 Å². The van der Waals surface area contributed by atoms with Crippen LogP contribution in [0.2, 0.25) is 0 Å². The lowest BCUT2D eigenvalue weighted by Gasteiger charge is -2.45. The molecule has 2 aromatic heterocycles. The summed E-state index contributed by atoms with van der Waals surface area (Å²) in [5.74, 6) is 0.0551. The topological polar surface area (TPSA) is 54.3 Å². The monoisotopic (exact) mass is 463 g/mol. The van der Waals surface area contributed by atoms with Gasteiger partial charge in [0.15, 0.2) is 0 Å². The zero-order valence-electron chi connectivity index (χ0n) is 19.5. The van der Waals surface area contributed by atoms with Crippen LogP contribution < -0.4 is 5.32 Å². The van der Waals surface area contributed by atoms with Crippen molar-refractivity contribution in [2.45, 2.75) is 76.4 Å². The fourth-order valence-electron chi connectivity index (χ4n) is 5.48. The van der Waals surface area contributed by atoms with Gasteiger partial charge in [-0.1, -0.05) is 62.9 Å². The first-order valence-corrected chi connectivity index (χ1v) is 13.1. The van der Waals surface area contributed by atoms with Gasteiger partial charge in [0.2, 0.25) is 5.91 Å². The molecule has 174 valence electrons. The number of thiophene rings is 1. The molecule has 0 unspecified atom stereocenters. The molecule has 3 heterocycles. The van der Waals surface area contributed by atoms with Gasteiger partial charge >= 0.3 is 0 Å². The average Bonchev–Trinajstić information content (AvgIpc) is 3.31. The molecule has 0 saturated heterocycles. The lowest BCUT2D eigenvalue weighted by Crippen LogP contribution is -2.65. The normalized spacial score (nSPS) is 22.7. The highest BCUT2D eigenvalue weighted by Gasteiger charge is 2.48. The molecule has 6 heteroatoms. The fraction of sp³-hybridized carbons (Fsp3) is 0.481. The summed E-state index contributed by atoms with van der Waals surface area (Å²) >= 11 is 1.64. The van der Waals surface area contributed by atoms with Crippen LogP contribution in [0.25, 0.3) is 10.2 Å². The van der Waals surface area contributed by atoms with Gasteiger partial charge in [0, 0.05) is 12.6 Å². The highest BCUT2D eigenvalue weighted by molar-refractivity contribution is 7.17. The van der Waals surface area contributed by atoms with E-state index in [0.717, 1.165) is 35.9 Å². The van der Waals surface area contributed by atoms with Crippen molar-refractivity contribution < 1.29 is 9.59 Å². The van der Waals surface area contributed by atoms with Crippen molar-refractivity contribution in [3.05, 3.63) is 59.1 Å². The van der Waals surface area contributed by atoms with Crippen LogP contribution >= 0.6 is 11.3 Å². The Morgan fingerprint density at radius 3 is 2.61 bits per heavy atom. The molecule has 3 aromatic rings. The highest BCUT2D eigenvalue weighted by atomic mass is 32.1. The number of amides is 2. The summed E-state index contributed by atoms with van der Waals surface area (Å²) in [5, 5.41) is 5.40. The first-order chi connectivity index (χ1) is 16.0. The molecule has 1 fully saturated rings. The van der Waals surface area contributed by atoms with E-state index in [4.69, 9.17) is 0 Å². The third kappa shape index (κ3) is 4.10. The quantitative estimate of drug-likeness (QED) is 0.504. The van der Waals surface area contributed by atoms with Gasteiger partial charge < -0.3 is 14.8 Å². The second-order valence-corrected chi connectivity index (χ2v) is 10.9. The summed E-state index contributed by atoms with van der Waals surface area (Å²) in [4.78, 5) is 29.6. The number of hydrogen-bond donors (Lipinski definition) is 1. The summed E-state index contributed by atoms with van der Waals surface area (Å²) in [6, 6.07) is 14.5. The highest BCUT2D eigenvalue weighted by Crippen LogP contribution is 2.36. The van der Waals surface area contributed by atoms with Gasteiger partial charge in [-0.05, 0) is 48.8 Å². The molecule has 1 N–H and O–H groups in total. The predicted octanol–water partition coefficient (Wildman–Crippen LogP) is 5.56. The lowest BCUT2D eigenvalue weighted by atomic mass is 9.91. The van der Waals surface area contributed by atoms with E-state index in [9.17, 15) is 9.59 Å². The van der Waals surface area contributed by atoms with Crippen molar-refractivity contribution in [2.24, 2.45) is 0 Å². The minimum absolute atomic E-state index is 0.0225. The number of nitrogens with one attached hydrogen (secondary N) is 1. The molecule has 5 nitrogen and oxygen atoms in total. The molecule has 1 aromatic carbocycles. The van der Waals surface area contributed by atoms with Crippen molar-refractivity contribution >= 4 is 33.4 Å². The van der Waals surface area contributed by atoms with Gasteiger partial charge in [0.25, 0.3) is 5.91 Å². The molecule has 1 saturated carbocycles. The zero-order valence-corrected chi connectivity index (χ0v) is 20.4. The first-order valence-electron chi connectivity index (χ1n) is 12.2. The smallest absolute Gasteiger partial charge is 0.271 e. The lowest BCUT2D eigenvalue weighted by molar-refractivity contribution is -0.133. The van der Waals surface area contributed by atoms with Gasteiger partial charge in [-0.15, -0.1) is 11.3 Å². The molecule has 0 radical (unpaired) electrons. The van der Waals surface area contributed by atoms with E-state index < -0.39 is 5.54 Å². The Labute approximate surface area is 199 Å². The van der Waals surface area contributed by atoms with Gasteiger partial charge in [-0.2, -0.15) is 0 Å². The summed E-state index contributed by atoms with van der Waals surface area (Å²) < 4.78 is 3.16. The molecule has 1 aliphatic heterocycles. The molecule has 1 aliphatic carbocycles. The van der Waals surface area contributed by atoms with Crippen LogP contribution in [0.15, 0.2) is 47.8 Å². The Balaban J connectivity index is 1.49. The van der Waals surface area contributed by atoms with E-state index >= 15 is 0 Å². The van der Waals surface area contributed by atoms with Crippen LogP contribution in [0, 0.1) is 0 Å². The maximum absolute atomic E-state index is 13.9. The molecule has 0 spiro atoms. The molecule has 2 atom stereocenters. The number of carbonyl (C=O) groups excluding carboxylic acids is 2. The number of aromatic nitrogens is 1. The van der Waals surface area contributed by atoms with Crippen LogP contribution in [0.3, 0.4) is 0 Å². The van der Waals surface area contributed by atoms with Crippen LogP contribution in [0.4, 0.5) is 0 Å². The van der Waals surface area contributed by atoms with Gasteiger partial charge in [-0.25, -0.2) is 0 Å². The number of fused-ring (bicyclic) bond motifs is 3. The van der Waals surface area contributed by atoms with E-state index in [1.165, 1.54) is 18.4 Å². The molecule has 0 bridgehead atoms. The Morgan fingerprint density at radius 2 is 1.88 bits per heavy atom. The fourth-order valence-corrected chi connectivity index (χ4v) is 6.31. The molecule has 33 heavy (non-hydrogen) atoms. The number of rotatable bonds is 5. The van der Waals surface area contributed by atoms with Crippen molar-refractivity contribution in [1.82, 2.24) is 14.8 Å². The van der Waals surface area contributed by atoms with E-state index in [0.29, 0.717) is 18.8 Å². The maximum atomic E-state index is 13.9. The van der Waals surface area contributed by atoms with Crippen LogP contribution in [-0.4, -0.2) is 39.4 Å². The third-order valence-corrected chi connectivity index (χ3v) is 8.41. The third-order valence-electron chi connectivity index (χ3n) is 7.55. The Bertz CT molecular complexity index is 1140. The molecule has 2 aliphatic rings. The van der Waals surface area contributed by atoms with Crippen LogP contribution in [0.5, 0.6) is 0 Å². The largest absolute Gasteiger partial charge is 0.351 e. The number of nitrogens with zero attached hydrogens (tertiary/aromatic N) is 2. The number of hydrogen-bond acceptors (Lipinski definition) is 3. The summed E-state index contributed by atoms with van der Waals surface area (Å²) in [6.07, 6.45) is 6.86. The van der Waals surface area contributed by atoms with Gasteiger partial charge in [-0.3, -0.25) is 9.59 Å². The van der Waals surface area contributed by atoms with Gasteiger partial charge in [0.1, 0.15) is 11.2 Å². The number of benzene rings is 1. The summed E-state index contributed by atoms with van der Waals surface area (Å²) in [6.45, 7) is 5.08. The second-order valence-electron chi connectivity index (χ2n) is 9.95. The van der Waals surface area contributed by atoms with Gasteiger partial charge in [0.05, 0.1) is 16.8 Å². The first kappa shape index (κ1) is 22.2. The zero-order chi connectivity index (χ0) is 23.0. The molecule has 5 rings (SSSR count). The van der Waals surface area contributed by atoms with Crippen molar-refractivity contribution in [3.63, 3.8) is 0 Å². The standard InChI is InChI=1S/C27H33N3O2S/c1-19(20-10-6-5-7-11-20)17-30-25(31)23-16-24-22(14-15-33-24)29(23)18-27(30,2)26(32)28-21-12-8-3-4-9-13-21/h5-7,10-11,14-16,19,21H,3-4,8-9,12-13,17-18H2,1-2H3,(H,28,32)/t19-,27+/m1/s1. The minimum atomic E-state index is -0.937. The van der Waals surface area contributed by atoms with Crippen LogP contribution in [-0.2, 0) is 11.3 Å². The molecule has 2 amide bonds. The van der Waals surface area contributed by atoms with Crippen LogP contribution in [0.1, 0.15) is 74.3 Å². The molecular formula is C27H33N3O2S. The average molecular weight is 464 g/mol. The second kappa shape index (κ2) is 8.98. The van der Waals surface area contributed by atoms with Crippen molar-refractivity contribution in [1.29, 1.82) is 0 Å².